The van der Waals surface area contributed by atoms with Crippen LogP contribution in [0.15, 0.2) is 36.4 Å². The molecule has 21 heavy (non-hydrogen) atoms. The summed E-state index contributed by atoms with van der Waals surface area (Å²) in [6, 6.07) is 13.1. The van der Waals surface area contributed by atoms with E-state index in [0.717, 1.165) is 26.3 Å². The average Bonchev–Trinajstić information content (AvgIpc) is 2.86. The van der Waals surface area contributed by atoms with Crippen molar-refractivity contribution in [1.29, 1.82) is 0 Å². The van der Waals surface area contributed by atoms with Gasteiger partial charge in [-0.25, -0.2) is 0 Å². The Morgan fingerprint density at radius 1 is 1.05 bits per heavy atom. The Kier molecular flexibility index (Phi) is 3.79. The second-order valence-electron chi connectivity index (χ2n) is 5.48. The largest absolute Gasteiger partial charge is 0.378 e. The number of rotatable bonds is 1. The second kappa shape index (κ2) is 5.58. The molecule has 0 atom stereocenters. The van der Waals surface area contributed by atoms with Gasteiger partial charge >= 0.3 is 0 Å². The van der Waals surface area contributed by atoms with Crippen molar-refractivity contribution in [2.75, 3.05) is 31.2 Å². The number of H-pyrrole nitrogens is 1. The van der Waals surface area contributed by atoms with Gasteiger partial charge in [0.25, 0.3) is 0 Å². The minimum Gasteiger partial charge on any atom is -0.378 e. The van der Waals surface area contributed by atoms with Crippen LogP contribution in [0.1, 0.15) is 5.56 Å². The van der Waals surface area contributed by atoms with E-state index in [0.29, 0.717) is 0 Å². The highest BCUT2D eigenvalue weighted by Crippen LogP contribution is 2.33. The molecule has 2 aromatic carbocycles. The summed E-state index contributed by atoms with van der Waals surface area (Å²) < 4.78 is 5.47. The molecule has 3 nitrogen and oxygen atoms in total. The lowest BCUT2D eigenvalue weighted by Gasteiger charge is -2.29. The molecule has 1 fully saturated rings. The van der Waals surface area contributed by atoms with E-state index in [1.54, 1.807) is 0 Å². The minimum atomic E-state index is 0. The third kappa shape index (κ3) is 2.37. The molecule has 110 valence electrons. The Balaban J connectivity index is 0.00000132. The molecule has 0 amide bonds. The molecular weight excluding hydrogens is 284 g/mol. The van der Waals surface area contributed by atoms with E-state index >= 15 is 0 Å². The molecule has 4 rings (SSSR count). The normalized spacial score (nSPS) is 15.4. The molecule has 0 saturated carbocycles. The number of ether oxygens (including phenoxy) is 1. The van der Waals surface area contributed by atoms with Gasteiger partial charge in [0.05, 0.1) is 24.4 Å². The molecule has 1 aliphatic heterocycles. The Morgan fingerprint density at radius 3 is 2.62 bits per heavy atom. The first-order valence-corrected chi connectivity index (χ1v) is 7.17. The zero-order valence-corrected chi connectivity index (χ0v) is 12.9. The van der Waals surface area contributed by atoms with Gasteiger partial charge in [-0.05, 0) is 30.7 Å². The molecule has 0 spiro atoms. The lowest BCUT2D eigenvalue weighted by Crippen LogP contribution is -2.36. The van der Waals surface area contributed by atoms with Crippen LogP contribution in [0.3, 0.4) is 0 Å². The van der Waals surface area contributed by atoms with E-state index < -0.39 is 0 Å². The third-order valence-corrected chi connectivity index (χ3v) is 4.09. The Bertz CT molecular complexity index is 775. The Morgan fingerprint density at radius 2 is 1.81 bits per heavy atom. The van der Waals surface area contributed by atoms with Gasteiger partial charge in [0.1, 0.15) is 0 Å². The molecule has 1 saturated heterocycles. The van der Waals surface area contributed by atoms with Crippen molar-refractivity contribution in [3.63, 3.8) is 0 Å². The minimum absolute atomic E-state index is 0. The van der Waals surface area contributed by atoms with Gasteiger partial charge in [-0.2, -0.15) is 0 Å². The summed E-state index contributed by atoms with van der Waals surface area (Å²) in [6.07, 6.45) is 0. The predicted molar refractivity (Wildman–Crippen MR) is 90.8 cm³/mol. The van der Waals surface area contributed by atoms with Crippen LogP contribution in [-0.4, -0.2) is 31.3 Å². The van der Waals surface area contributed by atoms with Gasteiger partial charge in [-0.15, -0.1) is 12.4 Å². The summed E-state index contributed by atoms with van der Waals surface area (Å²) in [5.74, 6) is 0. The fourth-order valence-electron chi connectivity index (χ4n) is 3.13. The van der Waals surface area contributed by atoms with Crippen molar-refractivity contribution < 1.29 is 4.74 Å². The van der Waals surface area contributed by atoms with E-state index in [1.165, 1.54) is 33.1 Å². The number of para-hydroxylation sites is 1. The Hall–Kier alpha value is -1.71. The van der Waals surface area contributed by atoms with Gasteiger partial charge in [0.2, 0.25) is 0 Å². The van der Waals surface area contributed by atoms with Gasteiger partial charge in [-0.3, -0.25) is 0 Å². The molecular formula is C17H19ClN2O. The number of nitrogens with zero attached hydrogens (tertiary/aromatic N) is 1. The number of aromatic nitrogens is 1. The number of aromatic amines is 1. The van der Waals surface area contributed by atoms with Gasteiger partial charge < -0.3 is 14.6 Å². The molecule has 0 aliphatic carbocycles. The zero-order chi connectivity index (χ0) is 13.5. The Labute approximate surface area is 130 Å². The van der Waals surface area contributed by atoms with Crippen LogP contribution in [-0.2, 0) is 4.74 Å². The van der Waals surface area contributed by atoms with Crippen LogP contribution in [0.25, 0.3) is 21.8 Å². The summed E-state index contributed by atoms with van der Waals surface area (Å²) in [5, 5.41) is 2.63. The maximum absolute atomic E-state index is 5.47. The number of aryl methyl sites for hydroxylation is 1. The number of fused-ring (bicyclic) bond motifs is 3. The van der Waals surface area contributed by atoms with E-state index in [1.807, 2.05) is 0 Å². The number of nitrogens with one attached hydrogen (secondary N) is 1. The topological polar surface area (TPSA) is 28.3 Å². The highest BCUT2D eigenvalue weighted by atomic mass is 35.5. The van der Waals surface area contributed by atoms with Crippen LogP contribution < -0.4 is 4.90 Å². The quantitative estimate of drug-likeness (QED) is 0.739. The van der Waals surface area contributed by atoms with Crippen molar-refractivity contribution in [2.45, 2.75) is 6.92 Å². The first-order chi connectivity index (χ1) is 9.83. The van der Waals surface area contributed by atoms with Crippen LogP contribution in [0.4, 0.5) is 5.69 Å². The number of hydrogen-bond acceptors (Lipinski definition) is 2. The summed E-state index contributed by atoms with van der Waals surface area (Å²) in [7, 11) is 0. The van der Waals surface area contributed by atoms with E-state index in [9.17, 15) is 0 Å². The highest BCUT2D eigenvalue weighted by molar-refractivity contribution is 6.11. The maximum atomic E-state index is 5.47. The second-order valence-corrected chi connectivity index (χ2v) is 5.48. The van der Waals surface area contributed by atoms with Gasteiger partial charge in [0, 0.05) is 29.4 Å². The van der Waals surface area contributed by atoms with Gasteiger partial charge in [-0.1, -0.05) is 18.2 Å². The molecule has 4 heteroatoms. The zero-order valence-electron chi connectivity index (χ0n) is 12.1. The lowest BCUT2D eigenvalue weighted by molar-refractivity contribution is 0.123. The van der Waals surface area contributed by atoms with Crippen molar-refractivity contribution in [1.82, 2.24) is 4.98 Å². The molecule has 1 aliphatic rings. The maximum Gasteiger partial charge on any atom is 0.0702 e. The summed E-state index contributed by atoms with van der Waals surface area (Å²) >= 11 is 0. The predicted octanol–water partition coefficient (Wildman–Crippen LogP) is 3.89. The van der Waals surface area contributed by atoms with Crippen LogP contribution >= 0.6 is 12.4 Å². The number of halogens is 1. The standard InChI is InChI=1S/C17H18N2O.ClH/c1-12-10-14-13-4-2-3-5-15(13)18-17(14)16(11-12)19-6-8-20-9-7-19;/h2-5,10-11,18H,6-9H2,1H3;1H. The van der Waals surface area contributed by atoms with Crippen molar-refractivity contribution >= 4 is 39.9 Å². The molecule has 0 radical (unpaired) electrons. The molecule has 1 N–H and O–H groups in total. The van der Waals surface area contributed by atoms with Crippen molar-refractivity contribution in [3.8, 4) is 0 Å². The third-order valence-electron chi connectivity index (χ3n) is 4.09. The smallest absolute Gasteiger partial charge is 0.0702 e. The van der Waals surface area contributed by atoms with Gasteiger partial charge in [0.15, 0.2) is 0 Å². The summed E-state index contributed by atoms with van der Waals surface area (Å²) in [4.78, 5) is 6.01. The fraction of sp³-hybridized carbons (Fsp3) is 0.294. The summed E-state index contributed by atoms with van der Waals surface area (Å²) in [6.45, 7) is 5.73. The lowest BCUT2D eigenvalue weighted by atomic mass is 10.1. The van der Waals surface area contributed by atoms with E-state index in [-0.39, 0.29) is 12.4 Å². The molecule has 0 bridgehead atoms. The van der Waals surface area contributed by atoms with Crippen molar-refractivity contribution in [2.24, 2.45) is 0 Å². The SMILES string of the molecule is Cc1cc(N2CCOCC2)c2[nH]c3ccccc3c2c1.Cl. The molecule has 1 aromatic heterocycles. The number of hydrogen-bond donors (Lipinski definition) is 1. The first kappa shape index (κ1) is 14.2. The van der Waals surface area contributed by atoms with Crippen LogP contribution in [0.2, 0.25) is 0 Å². The molecule has 2 heterocycles. The van der Waals surface area contributed by atoms with Crippen LogP contribution in [0.5, 0.6) is 0 Å². The number of morpholine rings is 1. The number of benzene rings is 2. The average molecular weight is 303 g/mol. The van der Waals surface area contributed by atoms with E-state index in [2.05, 4.69) is 53.2 Å². The molecule has 0 unspecified atom stereocenters. The van der Waals surface area contributed by atoms with Crippen molar-refractivity contribution in [3.05, 3.63) is 42.0 Å². The number of anilines is 1. The van der Waals surface area contributed by atoms with Crippen LogP contribution in [0, 0.1) is 6.92 Å². The monoisotopic (exact) mass is 302 g/mol. The van der Waals surface area contributed by atoms with E-state index in [4.69, 9.17) is 4.74 Å². The fourth-order valence-corrected chi connectivity index (χ4v) is 3.13. The first-order valence-electron chi connectivity index (χ1n) is 7.17. The molecule has 3 aromatic rings. The summed E-state index contributed by atoms with van der Waals surface area (Å²) in [5.41, 5.74) is 5.07. The highest BCUT2D eigenvalue weighted by Gasteiger charge is 2.16.